The quantitative estimate of drug-likeness (QED) is 0.870. The van der Waals surface area contributed by atoms with Crippen LogP contribution in [-0.4, -0.2) is 20.8 Å². The number of aromatic nitrogens is 3. The first-order valence-electron chi connectivity index (χ1n) is 5.36. The lowest BCUT2D eigenvalue weighted by molar-refractivity contribution is -0.116. The summed E-state index contributed by atoms with van der Waals surface area (Å²) in [4.78, 5) is 11.6. The molecule has 0 saturated heterocycles. The third kappa shape index (κ3) is 2.93. The van der Waals surface area contributed by atoms with E-state index in [0.29, 0.717) is 18.8 Å². The summed E-state index contributed by atoms with van der Waals surface area (Å²) in [5, 5.41) is 10.5. The monoisotopic (exact) mass is 234 g/mol. The highest BCUT2D eigenvalue weighted by Crippen LogP contribution is 2.05. The van der Waals surface area contributed by atoms with E-state index in [0.717, 1.165) is 11.4 Å². The maximum absolute atomic E-state index is 11.6. The highest BCUT2D eigenvalue weighted by Gasteiger charge is 2.06. The SMILES string of the molecule is Cc1cc(C)n(CCC(=O)Nc2ccon2)n1. The molecule has 0 spiro atoms. The van der Waals surface area contributed by atoms with Gasteiger partial charge >= 0.3 is 0 Å². The summed E-state index contributed by atoms with van der Waals surface area (Å²) in [7, 11) is 0. The molecule has 90 valence electrons. The van der Waals surface area contributed by atoms with Crippen molar-refractivity contribution in [3.8, 4) is 0 Å². The van der Waals surface area contributed by atoms with Crippen molar-refractivity contribution in [1.82, 2.24) is 14.9 Å². The molecule has 2 heterocycles. The van der Waals surface area contributed by atoms with Gasteiger partial charge in [0.15, 0.2) is 5.82 Å². The zero-order valence-corrected chi connectivity index (χ0v) is 9.80. The van der Waals surface area contributed by atoms with Crippen molar-refractivity contribution in [2.24, 2.45) is 0 Å². The number of carbonyl (C=O) groups is 1. The molecular formula is C11H14N4O2. The van der Waals surface area contributed by atoms with Gasteiger partial charge in [0.2, 0.25) is 5.91 Å². The fourth-order valence-corrected chi connectivity index (χ4v) is 1.59. The predicted molar refractivity (Wildman–Crippen MR) is 61.5 cm³/mol. The summed E-state index contributed by atoms with van der Waals surface area (Å²) in [6, 6.07) is 3.58. The third-order valence-electron chi connectivity index (χ3n) is 2.36. The Morgan fingerprint density at radius 3 is 2.94 bits per heavy atom. The molecule has 0 atom stereocenters. The Hall–Kier alpha value is -2.11. The molecule has 0 aliphatic heterocycles. The number of hydrogen-bond donors (Lipinski definition) is 1. The van der Waals surface area contributed by atoms with Crippen molar-refractivity contribution >= 4 is 11.7 Å². The molecule has 2 aromatic rings. The van der Waals surface area contributed by atoms with Crippen molar-refractivity contribution < 1.29 is 9.32 Å². The van der Waals surface area contributed by atoms with E-state index in [1.807, 2.05) is 24.6 Å². The Kier molecular flexibility index (Phi) is 3.22. The number of hydrogen-bond acceptors (Lipinski definition) is 4. The van der Waals surface area contributed by atoms with Crippen molar-refractivity contribution in [1.29, 1.82) is 0 Å². The van der Waals surface area contributed by atoms with Crippen LogP contribution in [0.2, 0.25) is 0 Å². The molecule has 2 aromatic heterocycles. The molecule has 2 rings (SSSR count). The fourth-order valence-electron chi connectivity index (χ4n) is 1.59. The van der Waals surface area contributed by atoms with Crippen molar-refractivity contribution in [2.45, 2.75) is 26.8 Å². The smallest absolute Gasteiger partial charge is 0.227 e. The summed E-state index contributed by atoms with van der Waals surface area (Å²) < 4.78 is 6.44. The van der Waals surface area contributed by atoms with Gasteiger partial charge in [-0.15, -0.1) is 0 Å². The molecule has 0 aromatic carbocycles. The second kappa shape index (κ2) is 4.82. The van der Waals surface area contributed by atoms with Crippen LogP contribution >= 0.6 is 0 Å². The predicted octanol–water partition coefficient (Wildman–Crippen LogP) is 1.52. The Balaban J connectivity index is 1.86. The molecule has 1 amide bonds. The van der Waals surface area contributed by atoms with E-state index in [1.165, 1.54) is 6.26 Å². The minimum Gasteiger partial charge on any atom is -0.363 e. The molecule has 0 unspecified atom stereocenters. The second-order valence-corrected chi connectivity index (χ2v) is 3.83. The summed E-state index contributed by atoms with van der Waals surface area (Å²) >= 11 is 0. The number of rotatable bonds is 4. The van der Waals surface area contributed by atoms with Gasteiger partial charge < -0.3 is 9.84 Å². The first-order valence-corrected chi connectivity index (χ1v) is 5.36. The number of anilines is 1. The molecule has 1 N–H and O–H groups in total. The lowest BCUT2D eigenvalue weighted by Gasteiger charge is -2.04. The van der Waals surface area contributed by atoms with Crippen molar-refractivity contribution in [3.05, 3.63) is 29.8 Å². The Morgan fingerprint density at radius 1 is 1.53 bits per heavy atom. The summed E-state index contributed by atoms with van der Waals surface area (Å²) in [6.07, 6.45) is 1.77. The van der Waals surface area contributed by atoms with Gasteiger partial charge in [-0.1, -0.05) is 5.16 Å². The van der Waals surface area contributed by atoms with Gasteiger partial charge in [0.1, 0.15) is 6.26 Å². The van der Waals surface area contributed by atoms with Crippen LogP contribution in [0.25, 0.3) is 0 Å². The molecule has 0 aliphatic carbocycles. The molecule has 17 heavy (non-hydrogen) atoms. The van der Waals surface area contributed by atoms with E-state index in [2.05, 4.69) is 20.1 Å². The molecule has 0 aliphatic rings. The Morgan fingerprint density at radius 2 is 2.35 bits per heavy atom. The van der Waals surface area contributed by atoms with E-state index in [9.17, 15) is 4.79 Å². The van der Waals surface area contributed by atoms with Gasteiger partial charge in [-0.05, 0) is 19.9 Å². The maximum Gasteiger partial charge on any atom is 0.227 e. The summed E-state index contributed by atoms with van der Waals surface area (Å²) in [6.45, 7) is 4.46. The normalized spacial score (nSPS) is 10.5. The number of nitrogens with one attached hydrogen (secondary N) is 1. The van der Waals surface area contributed by atoms with Crippen LogP contribution in [-0.2, 0) is 11.3 Å². The fraction of sp³-hybridized carbons (Fsp3) is 0.364. The van der Waals surface area contributed by atoms with Crippen molar-refractivity contribution in [2.75, 3.05) is 5.32 Å². The number of aryl methyl sites for hydroxylation is 3. The third-order valence-corrected chi connectivity index (χ3v) is 2.36. The minimum atomic E-state index is -0.105. The molecule has 0 fully saturated rings. The zero-order valence-electron chi connectivity index (χ0n) is 9.80. The van der Waals surface area contributed by atoms with Gasteiger partial charge in [-0.25, -0.2) is 0 Å². The van der Waals surface area contributed by atoms with E-state index in [1.54, 1.807) is 6.07 Å². The first kappa shape index (κ1) is 11.4. The topological polar surface area (TPSA) is 73.0 Å². The largest absolute Gasteiger partial charge is 0.363 e. The van der Waals surface area contributed by atoms with E-state index in [-0.39, 0.29) is 5.91 Å². The zero-order chi connectivity index (χ0) is 12.3. The standard InChI is InChI=1S/C11H14N4O2/c1-8-7-9(2)15(13-8)5-3-11(16)12-10-4-6-17-14-10/h4,6-7H,3,5H2,1-2H3,(H,12,14,16). The van der Waals surface area contributed by atoms with Crippen LogP contribution in [0.3, 0.4) is 0 Å². The molecule has 6 nitrogen and oxygen atoms in total. The molecule has 6 heteroatoms. The molecular weight excluding hydrogens is 220 g/mol. The van der Waals surface area contributed by atoms with Gasteiger partial charge in [0.25, 0.3) is 0 Å². The Labute approximate surface area is 98.6 Å². The van der Waals surface area contributed by atoms with E-state index < -0.39 is 0 Å². The first-order chi connectivity index (χ1) is 8.15. The van der Waals surface area contributed by atoms with Crippen LogP contribution < -0.4 is 5.32 Å². The summed E-state index contributed by atoms with van der Waals surface area (Å²) in [5.41, 5.74) is 2.01. The van der Waals surface area contributed by atoms with Crippen LogP contribution in [0.5, 0.6) is 0 Å². The van der Waals surface area contributed by atoms with Crippen LogP contribution in [0, 0.1) is 13.8 Å². The average molecular weight is 234 g/mol. The van der Waals surface area contributed by atoms with Gasteiger partial charge in [0.05, 0.1) is 5.69 Å². The van der Waals surface area contributed by atoms with Crippen LogP contribution in [0.1, 0.15) is 17.8 Å². The molecule has 0 radical (unpaired) electrons. The highest BCUT2D eigenvalue weighted by atomic mass is 16.5. The second-order valence-electron chi connectivity index (χ2n) is 3.83. The minimum absolute atomic E-state index is 0.105. The summed E-state index contributed by atoms with van der Waals surface area (Å²) in [5.74, 6) is 0.329. The van der Waals surface area contributed by atoms with Crippen LogP contribution in [0.4, 0.5) is 5.82 Å². The molecule has 0 bridgehead atoms. The highest BCUT2D eigenvalue weighted by molar-refractivity contribution is 5.89. The number of amides is 1. The van der Waals surface area contributed by atoms with Gasteiger partial charge in [-0.3, -0.25) is 9.48 Å². The van der Waals surface area contributed by atoms with Gasteiger partial charge in [-0.2, -0.15) is 5.10 Å². The maximum atomic E-state index is 11.6. The molecule has 0 saturated carbocycles. The van der Waals surface area contributed by atoms with E-state index in [4.69, 9.17) is 0 Å². The van der Waals surface area contributed by atoms with Crippen LogP contribution in [0.15, 0.2) is 22.9 Å². The Bertz CT molecular complexity index is 502. The lowest BCUT2D eigenvalue weighted by Crippen LogP contribution is -2.15. The van der Waals surface area contributed by atoms with Gasteiger partial charge in [0, 0.05) is 24.7 Å². The number of carbonyl (C=O) groups excluding carboxylic acids is 1. The average Bonchev–Trinajstić information content (AvgIpc) is 2.86. The lowest BCUT2D eigenvalue weighted by atomic mass is 10.3. The number of nitrogens with zero attached hydrogens (tertiary/aromatic N) is 3. The van der Waals surface area contributed by atoms with E-state index >= 15 is 0 Å². The van der Waals surface area contributed by atoms with Crippen molar-refractivity contribution in [3.63, 3.8) is 0 Å².